The summed E-state index contributed by atoms with van der Waals surface area (Å²) >= 11 is 0. The molecule has 0 aliphatic rings. The Morgan fingerprint density at radius 2 is 0.903 bits per heavy atom. The molecule has 0 radical (unpaired) electrons. The third-order valence-corrected chi connectivity index (χ3v) is 12.7. The van der Waals surface area contributed by atoms with Gasteiger partial charge in [0.2, 0.25) is 0 Å². The molecular weight excluding hydrogens is 753 g/mol. The highest BCUT2D eigenvalue weighted by Gasteiger charge is 2.20. The maximum atomic E-state index is 5.34. The van der Waals surface area contributed by atoms with Crippen molar-refractivity contribution >= 4 is 65.3 Å². The lowest BCUT2D eigenvalue weighted by Crippen LogP contribution is -2.11. The molecular formula is C58H42N4. The SMILES string of the molecule is CC(C)(C)c1cccc(-c2nc(-c3ccc(-n4c5ccccc5c5cc(-c6ccc7c(c6)c6ccccc6n7-c6ccccc6)ccc54)cc3)c3ccc4ccccc4c3n2)c1. The summed E-state index contributed by atoms with van der Waals surface area (Å²) in [5.74, 6) is 0.735. The fourth-order valence-electron chi connectivity index (χ4n) is 9.54. The van der Waals surface area contributed by atoms with E-state index in [2.05, 4.69) is 230 Å². The Bertz CT molecular complexity index is 3720. The molecule has 0 saturated carbocycles. The third-order valence-electron chi connectivity index (χ3n) is 12.7. The number of fused-ring (bicyclic) bond motifs is 9. The van der Waals surface area contributed by atoms with Crippen molar-refractivity contribution in [1.82, 2.24) is 19.1 Å². The Balaban J connectivity index is 0.978. The van der Waals surface area contributed by atoms with Gasteiger partial charge in [-0.15, -0.1) is 0 Å². The van der Waals surface area contributed by atoms with Crippen LogP contribution in [-0.2, 0) is 5.41 Å². The van der Waals surface area contributed by atoms with Gasteiger partial charge >= 0.3 is 0 Å². The summed E-state index contributed by atoms with van der Waals surface area (Å²) in [5, 5.41) is 8.29. The van der Waals surface area contributed by atoms with Crippen LogP contribution < -0.4 is 0 Å². The van der Waals surface area contributed by atoms with Crippen molar-refractivity contribution in [3.8, 4) is 45.1 Å². The molecule has 294 valence electrons. The van der Waals surface area contributed by atoms with E-state index in [9.17, 15) is 0 Å². The van der Waals surface area contributed by atoms with Gasteiger partial charge in [-0.1, -0.05) is 148 Å². The maximum absolute atomic E-state index is 5.34. The summed E-state index contributed by atoms with van der Waals surface area (Å²) in [6.07, 6.45) is 0. The number of aromatic nitrogens is 4. The molecule has 0 N–H and O–H groups in total. The third kappa shape index (κ3) is 5.75. The molecule has 3 aromatic heterocycles. The zero-order valence-corrected chi connectivity index (χ0v) is 34.8. The molecule has 0 unspecified atom stereocenters. The second-order valence-electron chi connectivity index (χ2n) is 17.5. The first kappa shape index (κ1) is 36.1. The molecule has 0 bridgehead atoms. The summed E-state index contributed by atoms with van der Waals surface area (Å²) in [4.78, 5) is 10.6. The number of para-hydroxylation sites is 3. The van der Waals surface area contributed by atoms with Crippen molar-refractivity contribution in [2.75, 3.05) is 0 Å². The monoisotopic (exact) mass is 794 g/mol. The molecule has 4 nitrogen and oxygen atoms in total. The van der Waals surface area contributed by atoms with Crippen molar-refractivity contribution in [1.29, 1.82) is 0 Å². The molecule has 12 rings (SSSR count). The van der Waals surface area contributed by atoms with Gasteiger partial charge in [0.05, 0.1) is 33.3 Å². The van der Waals surface area contributed by atoms with Crippen LogP contribution in [0, 0.1) is 0 Å². The Morgan fingerprint density at radius 1 is 0.355 bits per heavy atom. The fourth-order valence-corrected chi connectivity index (χ4v) is 9.54. The highest BCUT2D eigenvalue weighted by molar-refractivity contribution is 6.13. The first-order valence-electron chi connectivity index (χ1n) is 21.4. The van der Waals surface area contributed by atoms with Crippen LogP contribution in [0.4, 0.5) is 0 Å². The van der Waals surface area contributed by atoms with E-state index in [1.165, 1.54) is 71.4 Å². The number of rotatable bonds is 5. The number of hydrogen-bond acceptors (Lipinski definition) is 2. The van der Waals surface area contributed by atoms with Crippen molar-refractivity contribution in [2.45, 2.75) is 26.2 Å². The van der Waals surface area contributed by atoms with Gasteiger partial charge < -0.3 is 9.13 Å². The van der Waals surface area contributed by atoms with Gasteiger partial charge in [-0.2, -0.15) is 0 Å². The summed E-state index contributed by atoms with van der Waals surface area (Å²) in [6, 6.07) is 72.5. The molecule has 0 aliphatic carbocycles. The zero-order valence-electron chi connectivity index (χ0n) is 34.8. The highest BCUT2D eigenvalue weighted by atomic mass is 15.0. The van der Waals surface area contributed by atoms with Crippen LogP contribution in [0.25, 0.3) is 110 Å². The molecule has 0 saturated heterocycles. The van der Waals surface area contributed by atoms with E-state index >= 15 is 0 Å². The lowest BCUT2D eigenvalue weighted by Gasteiger charge is -2.20. The van der Waals surface area contributed by atoms with Crippen molar-refractivity contribution < 1.29 is 0 Å². The Morgan fingerprint density at radius 3 is 1.55 bits per heavy atom. The van der Waals surface area contributed by atoms with Crippen LogP contribution in [0.1, 0.15) is 26.3 Å². The number of nitrogens with zero attached hydrogens (tertiary/aromatic N) is 4. The molecule has 0 fully saturated rings. The summed E-state index contributed by atoms with van der Waals surface area (Å²) < 4.78 is 4.76. The van der Waals surface area contributed by atoms with Gasteiger partial charge in [0.15, 0.2) is 5.82 Å². The predicted octanol–water partition coefficient (Wildman–Crippen LogP) is 15.3. The average Bonchev–Trinajstić information content (AvgIpc) is 3.83. The van der Waals surface area contributed by atoms with Gasteiger partial charge in [-0.25, -0.2) is 9.97 Å². The molecule has 0 atom stereocenters. The topological polar surface area (TPSA) is 35.6 Å². The van der Waals surface area contributed by atoms with E-state index in [1.807, 2.05) is 0 Å². The second kappa shape index (κ2) is 13.9. The minimum absolute atomic E-state index is 0.00632. The quantitative estimate of drug-likeness (QED) is 0.163. The van der Waals surface area contributed by atoms with Crippen molar-refractivity contribution in [2.24, 2.45) is 0 Å². The minimum Gasteiger partial charge on any atom is -0.309 e. The molecule has 3 heterocycles. The molecule has 0 spiro atoms. The van der Waals surface area contributed by atoms with E-state index in [1.54, 1.807) is 0 Å². The molecule has 12 aromatic rings. The Kier molecular flexibility index (Phi) is 8.07. The van der Waals surface area contributed by atoms with Crippen LogP contribution in [0.2, 0.25) is 0 Å². The minimum atomic E-state index is 0.00632. The number of hydrogen-bond donors (Lipinski definition) is 0. The van der Waals surface area contributed by atoms with Crippen LogP contribution in [0.3, 0.4) is 0 Å². The normalized spacial score (nSPS) is 12.1. The lowest BCUT2D eigenvalue weighted by atomic mass is 9.86. The molecule has 4 heteroatoms. The van der Waals surface area contributed by atoms with E-state index < -0.39 is 0 Å². The van der Waals surface area contributed by atoms with Gasteiger partial charge in [0.1, 0.15) is 0 Å². The Hall–Kier alpha value is -7.82. The summed E-state index contributed by atoms with van der Waals surface area (Å²) in [7, 11) is 0. The van der Waals surface area contributed by atoms with Crippen LogP contribution in [0.5, 0.6) is 0 Å². The highest BCUT2D eigenvalue weighted by Crippen LogP contribution is 2.40. The van der Waals surface area contributed by atoms with Crippen LogP contribution in [-0.4, -0.2) is 19.1 Å². The predicted molar refractivity (Wildman–Crippen MR) is 261 cm³/mol. The molecule has 0 amide bonds. The van der Waals surface area contributed by atoms with E-state index in [-0.39, 0.29) is 5.41 Å². The number of benzene rings is 9. The summed E-state index contributed by atoms with van der Waals surface area (Å²) in [6.45, 7) is 6.74. The molecule has 9 aromatic carbocycles. The average molecular weight is 795 g/mol. The fraction of sp³-hybridized carbons (Fsp3) is 0.0690. The smallest absolute Gasteiger partial charge is 0.160 e. The van der Waals surface area contributed by atoms with Gasteiger partial charge in [0.25, 0.3) is 0 Å². The van der Waals surface area contributed by atoms with E-state index in [4.69, 9.17) is 9.97 Å². The summed E-state index contributed by atoms with van der Waals surface area (Å²) in [5.41, 5.74) is 14.7. The zero-order chi connectivity index (χ0) is 41.5. The largest absolute Gasteiger partial charge is 0.309 e. The van der Waals surface area contributed by atoms with Crippen molar-refractivity contribution in [3.63, 3.8) is 0 Å². The van der Waals surface area contributed by atoms with Gasteiger partial charge in [-0.3, -0.25) is 0 Å². The van der Waals surface area contributed by atoms with E-state index in [0.717, 1.165) is 44.6 Å². The van der Waals surface area contributed by atoms with E-state index in [0.29, 0.717) is 0 Å². The van der Waals surface area contributed by atoms with Crippen molar-refractivity contribution in [3.05, 3.63) is 206 Å². The second-order valence-corrected chi connectivity index (χ2v) is 17.5. The standard InChI is InChI=1S/C58H42N4/c1-58(2,3)42-16-13-15-41(34-42)57-59-55(48-31-26-37-14-7-8-19-45(37)56(48)60-57)38-24-29-44(30-25-38)62-52-23-12-10-21-47(52)50-36-40(28-33-54(50)62)39-27-32-53-49(35-39)46-20-9-11-22-51(46)61(53)43-17-5-4-6-18-43/h4-36H,1-3H3. The Labute approximate surface area is 360 Å². The van der Waals surface area contributed by atoms with Crippen LogP contribution in [0.15, 0.2) is 200 Å². The molecule has 62 heavy (non-hydrogen) atoms. The first-order valence-corrected chi connectivity index (χ1v) is 21.4. The van der Waals surface area contributed by atoms with Gasteiger partial charge in [0, 0.05) is 54.8 Å². The van der Waals surface area contributed by atoms with Crippen LogP contribution >= 0.6 is 0 Å². The first-order chi connectivity index (χ1) is 30.4. The lowest BCUT2D eigenvalue weighted by molar-refractivity contribution is 0.590. The maximum Gasteiger partial charge on any atom is 0.160 e. The van der Waals surface area contributed by atoms with Gasteiger partial charge in [-0.05, 0) is 100 Å². The molecule has 0 aliphatic heterocycles.